The number of nitrogens with one attached hydrogen (secondary N) is 1. The highest BCUT2D eigenvalue weighted by Crippen LogP contribution is 2.12. The SMILES string of the molecule is COc1ccc(CNc2cccnc2)cc1.Cl.Cl. The highest BCUT2D eigenvalue weighted by Gasteiger charge is 1.94. The van der Waals surface area contributed by atoms with Gasteiger partial charge in [-0.15, -0.1) is 24.8 Å². The van der Waals surface area contributed by atoms with E-state index in [1.807, 2.05) is 42.6 Å². The zero-order valence-corrected chi connectivity index (χ0v) is 11.6. The molecule has 0 aliphatic heterocycles. The van der Waals surface area contributed by atoms with Gasteiger partial charge in [-0.1, -0.05) is 12.1 Å². The molecule has 0 spiro atoms. The fourth-order valence-corrected chi connectivity index (χ4v) is 1.41. The molecule has 2 aromatic rings. The zero-order valence-electron chi connectivity index (χ0n) is 10.00. The Morgan fingerprint density at radius 2 is 1.83 bits per heavy atom. The Morgan fingerprint density at radius 1 is 1.11 bits per heavy atom. The van der Waals surface area contributed by atoms with E-state index in [4.69, 9.17) is 4.74 Å². The first-order valence-corrected chi connectivity index (χ1v) is 5.15. The monoisotopic (exact) mass is 286 g/mol. The number of halogens is 2. The van der Waals surface area contributed by atoms with Gasteiger partial charge >= 0.3 is 0 Å². The van der Waals surface area contributed by atoms with Gasteiger partial charge in [0.05, 0.1) is 12.8 Å². The van der Waals surface area contributed by atoms with Gasteiger partial charge in [-0.25, -0.2) is 0 Å². The first-order chi connectivity index (χ1) is 7.88. The lowest BCUT2D eigenvalue weighted by Gasteiger charge is -2.06. The Hall–Kier alpha value is -1.45. The number of pyridine rings is 1. The van der Waals surface area contributed by atoms with Crippen LogP contribution in [0.15, 0.2) is 48.8 Å². The van der Waals surface area contributed by atoms with Crippen LogP contribution in [0.25, 0.3) is 0 Å². The van der Waals surface area contributed by atoms with Crippen LogP contribution in [0.1, 0.15) is 5.56 Å². The summed E-state index contributed by atoms with van der Waals surface area (Å²) < 4.78 is 5.10. The first kappa shape index (κ1) is 16.6. The summed E-state index contributed by atoms with van der Waals surface area (Å²) in [6.07, 6.45) is 3.57. The van der Waals surface area contributed by atoms with E-state index in [1.54, 1.807) is 13.3 Å². The molecule has 0 aliphatic rings. The summed E-state index contributed by atoms with van der Waals surface area (Å²) in [5.41, 5.74) is 2.24. The molecular weight excluding hydrogens is 271 g/mol. The van der Waals surface area contributed by atoms with Crippen LogP contribution in [0.2, 0.25) is 0 Å². The van der Waals surface area contributed by atoms with Crippen molar-refractivity contribution in [2.24, 2.45) is 0 Å². The van der Waals surface area contributed by atoms with Gasteiger partial charge < -0.3 is 10.1 Å². The van der Waals surface area contributed by atoms with E-state index in [-0.39, 0.29) is 24.8 Å². The lowest BCUT2D eigenvalue weighted by atomic mass is 10.2. The third kappa shape index (κ3) is 4.82. The van der Waals surface area contributed by atoms with Crippen LogP contribution in [0.4, 0.5) is 5.69 Å². The first-order valence-electron chi connectivity index (χ1n) is 5.15. The molecule has 0 bridgehead atoms. The maximum atomic E-state index is 5.10. The van der Waals surface area contributed by atoms with E-state index >= 15 is 0 Å². The van der Waals surface area contributed by atoms with E-state index in [9.17, 15) is 0 Å². The second kappa shape index (κ2) is 8.61. The molecular formula is C13H16Cl2N2O. The smallest absolute Gasteiger partial charge is 0.118 e. The molecule has 0 aliphatic carbocycles. The number of hydrogen-bond acceptors (Lipinski definition) is 3. The molecule has 0 saturated heterocycles. The summed E-state index contributed by atoms with van der Waals surface area (Å²) in [6, 6.07) is 11.9. The number of nitrogens with zero attached hydrogens (tertiary/aromatic N) is 1. The summed E-state index contributed by atoms with van der Waals surface area (Å²) in [4.78, 5) is 4.04. The van der Waals surface area contributed by atoms with Crippen molar-refractivity contribution >= 4 is 30.5 Å². The predicted molar refractivity (Wildman–Crippen MR) is 79.1 cm³/mol. The van der Waals surface area contributed by atoms with Crippen molar-refractivity contribution in [2.45, 2.75) is 6.54 Å². The molecule has 3 nitrogen and oxygen atoms in total. The summed E-state index contributed by atoms with van der Waals surface area (Å²) >= 11 is 0. The second-order valence-corrected chi connectivity index (χ2v) is 3.44. The summed E-state index contributed by atoms with van der Waals surface area (Å²) in [7, 11) is 1.67. The fourth-order valence-electron chi connectivity index (χ4n) is 1.41. The number of benzene rings is 1. The minimum absolute atomic E-state index is 0. The van der Waals surface area contributed by atoms with Crippen molar-refractivity contribution in [3.8, 4) is 5.75 Å². The van der Waals surface area contributed by atoms with Crippen LogP contribution < -0.4 is 10.1 Å². The topological polar surface area (TPSA) is 34.1 Å². The van der Waals surface area contributed by atoms with E-state index < -0.39 is 0 Å². The molecule has 1 aromatic carbocycles. The fraction of sp³-hybridized carbons (Fsp3) is 0.154. The number of aromatic nitrogens is 1. The van der Waals surface area contributed by atoms with Crippen molar-refractivity contribution in [1.82, 2.24) is 4.98 Å². The molecule has 2 rings (SSSR count). The van der Waals surface area contributed by atoms with Gasteiger partial charge in [0.2, 0.25) is 0 Å². The minimum Gasteiger partial charge on any atom is -0.497 e. The van der Waals surface area contributed by atoms with Crippen LogP contribution in [0.5, 0.6) is 5.75 Å². The lowest BCUT2D eigenvalue weighted by Crippen LogP contribution is -1.99. The molecule has 98 valence electrons. The van der Waals surface area contributed by atoms with Gasteiger partial charge in [0, 0.05) is 18.9 Å². The van der Waals surface area contributed by atoms with E-state index in [2.05, 4.69) is 10.3 Å². The van der Waals surface area contributed by atoms with Crippen molar-refractivity contribution in [3.63, 3.8) is 0 Å². The van der Waals surface area contributed by atoms with Gasteiger partial charge in [0.25, 0.3) is 0 Å². The number of anilines is 1. The van der Waals surface area contributed by atoms with E-state index in [0.29, 0.717) is 0 Å². The molecule has 0 unspecified atom stereocenters. The van der Waals surface area contributed by atoms with E-state index in [0.717, 1.165) is 18.0 Å². The molecule has 0 atom stereocenters. The molecule has 1 heterocycles. The average molecular weight is 287 g/mol. The third-order valence-electron chi connectivity index (χ3n) is 2.32. The van der Waals surface area contributed by atoms with Crippen LogP contribution in [-0.4, -0.2) is 12.1 Å². The maximum absolute atomic E-state index is 5.10. The lowest BCUT2D eigenvalue weighted by molar-refractivity contribution is 0.414. The molecule has 0 amide bonds. The van der Waals surface area contributed by atoms with Crippen molar-refractivity contribution in [2.75, 3.05) is 12.4 Å². The third-order valence-corrected chi connectivity index (χ3v) is 2.32. The minimum atomic E-state index is 0. The summed E-state index contributed by atoms with van der Waals surface area (Å²) in [5, 5.41) is 3.30. The second-order valence-electron chi connectivity index (χ2n) is 3.44. The van der Waals surface area contributed by atoms with Gasteiger partial charge in [-0.2, -0.15) is 0 Å². The van der Waals surface area contributed by atoms with E-state index in [1.165, 1.54) is 5.56 Å². The van der Waals surface area contributed by atoms with Crippen molar-refractivity contribution in [3.05, 3.63) is 54.4 Å². The van der Waals surface area contributed by atoms with Gasteiger partial charge in [0.1, 0.15) is 5.75 Å². The number of methoxy groups -OCH3 is 1. The summed E-state index contributed by atoms with van der Waals surface area (Å²) in [5.74, 6) is 0.880. The molecule has 1 N–H and O–H groups in total. The Labute approximate surface area is 119 Å². The molecule has 5 heteroatoms. The van der Waals surface area contributed by atoms with Gasteiger partial charge in [-0.3, -0.25) is 4.98 Å². The zero-order chi connectivity index (χ0) is 11.2. The van der Waals surface area contributed by atoms with Crippen LogP contribution >= 0.6 is 24.8 Å². The Balaban J connectivity index is 0.00000144. The normalized spacial score (nSPS) is 8.72. The van der Waals surface area contributed by atoms with Crippen molar-refractivity contribution in [1.29, 1.82) is 0 Å². The highest BCUT2D eigenvalue weighted by atomic mass is 35.5. The average Bonchev–Trinajstić information content (AvgIpc) is 2.38. The Kier molecular flexibility index (Phi) is 7.92. The van der Waals surface area contributed by atoms with Crippen molar-refractivity contribution < 1.29 is 4.74 Å². The Bertz CT molecular complexity index is 435. The molecule has 0 saturated carbocycles. The quantitative estimate of drug-likeness (QED) is 0.933. The largest absolute Gasteiger partial charge is 0.497 e. The van der Waals surface area contributed by atoms with Crippen LogP contribution in [-0.2, 0) is 6.54 Å². The summed E-state index contributed by atoms with van der Waals surface area (Å²) in [6.45, 7) is 0.787. The van der Waals surface area contributed by atoms with Gasteiger partial charge in [-0.05, 0) is 29.8 Å². The maximum Gasteiger partial charge on any atom is 0.118 e. The standard InChI is InChI=1S/C13H14N2O.2ClH/c1-16-13-6-4-11(5-7-13)9-15-12-3-2-8-14-10-12;;/h2-8,10,15H,9H2,1H3;2*1H. The number of rotatable bonds is 4. The highest BCUT2D eigenvalue weighted by molar-refractivity contribution is 5.85. The molecule has 0 radical (unpaired) electrons. The van der Waals surface area contributed by atoms with Gasteiger partial charge in [0.15, 0.2) is 0 Å². The number of ether oxygens (including phenoxy) is 1. The molecule has 18 heavy (non-hydrogen) atoms. The van der Waals surface area contributed by atoms with Crippen LogP contribution in [0, 0.1) is 0 Å². The predicted octanol–water partition coefficient (Wildman–Crippen LogP) is 3.55. The molecule has 1 aromatic heterocycles. The molecule has 0 fully saturated rings. The number of hydrogen-bond donors (Lipinski definition) is 1. The Morgan fingerprint density at radius 3 is 2.39 bits per heavy atom. The van der Waals surface area contributed by atoms with Crippen LogP contribution in [0.3, 0.4) is 0 Å².